The minimum atomic E-state index is -0.442. The third-order valence-corrected chi connectivity index (χ3v) is 4.35. The smallest absolute Gasteiger partial charge is 0.295 e. The van der Waals surface area contributed by atoms with Crippen LogP contribution < -0.4 is 15.2 Å². The second kappa shape index (κ2) is 7.41. The zero-order chi connectivity index (χ0) is 19.6. The quantitative estimate of drug-likeness (QED) is 0.721. The molecule has 0 aliphatic heterocycles. The number of para-hydroxylation sites is 1. The Balaban J connectivity index is 2.32. The highest BCUT2D eigenvalue weighted by Crippen LogP contribution is 2.31. The number of phenolic OH excluding ortho intramolecular Hbond substituents is 2. The molecule has 0 saturated heterocycles. The Hall–Kier alpha value is -3.48. The summed E-state index contributed by atoms with van der Waals surface area (Å²) in [5.41, 5.74) is 1.14. The van der Waals surface area contributed by atoms with Gasteiger partial charge in [-0.25, -0.2) is 0 Å². The van der Waals surface area contributed by atoms with Crippen LogP contribution >= 0.6 is 0 Å². The van der Waals surface area contributed by atoms with Gasteiger partial charge in [-0.2, -0.15) is 9.78 Å². The minimum absolute atomic E-state index is 0.0574. The third kappa shape index (κ3) is 3.44. The average molecular weight is 367 g/mol. The van der Waals surface area contributed by atoms with Crippen molar-refractivity contribution in [2.75, 3.05) is 25.6 Å². The Kier molecular flexibility index (Phi) is 5.03. The van der Waals surface area contributed by atoms with Crippen molar-refractivity contribution in [1.29, 1.82) is 0 Å². The van der Waals surface area contributed by atoms with Gasteiger partial charge >= 0.3 is 0 Å². The lowest BCUT2D eigenvalue weighted by molar-refractivity contribution is 0.415. The van der Waals surface area contributed by atoms with Gasteiger partial charge in [0.05, 0.1) is 12.8 Å². The highest BCUT2D eigenvalue weighted by Gasteiger charge is 2.18. The van der Waals surface area contributed by atoms with Gasteiger partial charge in [0, 0.05) is 19.2 Å². The predicted molar refractivity (Wildman–Crippen MR) is 104 cm³/mol. The monoisotopic (exact) mass is 367 g/mol. The molecule has 2 N–H and O–H groups in total. The summed E-state index contributed by atoms with van der Waals surface area (Å²) in [5, 5.41) is 24.8. The first-order chi connectivity index (χ1) is 13.0. The van der Waals surface area contributed by atoms with Crippen LogP contribution in [-0.2, 0) is 0 Å². The maximum atomic E-state index is 13.0. The fourth-order valence-electron chi connectivity index (χ4n) is 2.74. The summed E-state index contributed by atoms with van der Waals surface area (Å²) in [6, 6.07) is 13.3. The lowest BCUT2D eigenvalue weighted by Gasteiger charge is -2.19. The summed E-state index contributed by atoms with van der Waals surface area (Å²) >= 11 is 0. The zero-order valence-electron chi connectivity index (χ0n) is 15.4. The molecule has 3 aromatic rings. The van der Waals surface area contributed by atoms with Gasteiger partial charge in [-0.3, -0.25) is 4.79 Å². The molecule has 0 saturated carbocycles. The molecule has 0 spiro atoms. The summed E-state index contributed by atoms with van der Waals surface area (Å²) < 4.78 is 6.29. The molecule has 2 aromatic carbocycles. The van der Waals surface area contributed by atoms with Crippen molar-refractivity contribution < 1.29 is 14.9 Å². The number of anilines is 1. The molecule has 27 heavy (non-hydrogen) atoms. The number of benzene rings is 2. The van der Waals surface area contributed by atoms with E-state index in [9.17, 15) is 15.0 Å². The van der Waals surface area contributed by atoms with E-state index >= 15 is 0 Å². The Labute approximate surface area is 156 Å². The number of aromatic nitrogens is 2. The van der Waals surface area contributed by atoms with Gasteiger partial charge < -0.3 is 19.8 Å². The molecule has 3 rings (SSSR count). The maximum Gasteiger partial charge on any atom is 0.295 e. The maximum absolute atomic E-state index is 13.0. The number of hydrogen-bond donors (Lipinski definition) is 2. The summed E-state index contributed by atoms with van der Waals surface area (Å²) in [5.74, 6) is 0.179. The number of hydrogen-bond acceptors (Lipinski definition) is 6. The standard InChI is InChI=1S/C20H21N3O4/c1-4-22(2)16-12-15(13-7-5-8-14(11-13)27-3)21-23(20(16)26)19-17(24)9-6-10-18(19)25/h5-12,24-25H,4H2,1-3H3. The lowest BCUT2D eigenvalue weighted by atomic mass is 10.1. The van der Waals surface area contributed by atoms with Crippen LogP contribution in [0.4, 0.5) is 5.69 Å². The van der Waals surface area contributed by atoms with E-state index in [1.165, 1.54) is 18.2 Å². The van der Waals surface area contributed by atoms with Crippen molar-refractivity contribution in [1.82, 2.24) is 9.78 Å². The predicted octanol–water partition coefficient (Wildman–Crippen LogP) is 2.78. The average Bonchev–Trinajstić information content (AvgIpc) is 2.68. The van der Waals surface area contributed by atoms with Crippen molar-refractivity contribution >= 4 is 5.69 Å². The van der Waals surface area contributed by atoms with E-state index in [4.69, 9.17) is 4.74 Å². The second-order valence-electron chi connectivity index (χ2n) is 6.02. The van der Waals surface area contributed by atoms with Crippen LogP contribution in [0.25, 0.3) is 16.9 Å². The Morgan fingerprint density at radius 3 is 2.41 bits per heavy atom. The molecular formula is C20H21N3O4. The number of ether oxygens (including phenoxy) is 1. The molecular weight excluding hydrogens is 346 g/mol. The van der Waals surface area contributed by atoms with Gasteiger partial charge in [0.15, 0.2) is 5.69 Å². The first kappa shape index (κ1) is 18.3. The molecule has 0 amide bonds. The van der Waals surface area contributed by atoms with Crippen LogP contribution in [0, 0.1) is 0 Å². The minimum Gasteiger partial charge on any atom is -0.506 e. The van der Waals surface area contributed by atoms with Gasteiger partial charge in [-0.15, -0.1) is 0 Å². The molecule has 0 fully saturated rings. The summed E-state index contributed by atoms with van der Waals surface area (Å²) in [6.45, 7) is 2.52. The largest absolute Gasteiger partial charge is 0.506 e. The first-order valence-corrected chi connectivity index (χ1v) is 8.47. The Morgan fingerprint density at radius 2 is 1.78 bits per heavy atom. The molecule has 0 unspecified atom stereocenters. The van der Waals surface area contributed by atoms with Gasteiger partial charge in [-0.05, 0) is 37.3 Å². The van der Waals surface area contributed by atoms with Gasteiger partial charge in [0.1, 0.15) is 22.9 Å². The topological polar surface area (TPSA) is 87.8 Å². The van der Waals surface area contributed by atoms with Crippen LogP contribution in [0.3, 0.4) is 0 Å². The van der Waals surface area contributed by atoms with E-state index in [0.29, 0.717) is 23.7 Å². The number of methoxy groups -OCH3 is 1. The molecule has 0 bridgehead atoms. The molecule has 1 aromatic heterocycles. The van der Waals surface area contributed by atoms with Crippen molar-refractivity contribution in [2.45, 2.75) is 6.92 Å². The highest BCUT2D eigenvalue weighted by molar-refractivity contribution is 5.66. The Morgan fingerprint density at radius 1 is 1.11 bits per heavy atom. The highest BCUT2D eigenvalue weighted by atomic mass is 16.5. The van der Waals surface area contributed by atoms with E-state index in [0.717, 1.165) is 10.2 Å². The SMILES string of the molecule is CCN(C)c1cc(-c2cccc(OC)c2)nn(-c2c(O)cccc2O)c1=O. The van der Waals surface area contributed by atoms with Crippen LogP contribution in [0.1, 0.15) is 6.92 Å². The van der Waals surface area contributed by atoms with E-state index in [-0.39, 0.29) is 17.2 Å². The molecule has 0 radical (unpaired) electrons. The van der Waals surface area contributed by atoms with Crippen molar-refractivity contribution in [3.05, 3.63) is 58.9 Å². The molecule has 0 aliphatic rings. The normalized spacial score (nSPS) is 10.6. The van der Waals surface area contributed by atoms with Crippen molar-refractivity contribution in [3.63, 3.8) is 0 Å². The summed E-state index contributed by atoms with van der Waals surface area (Å²) in [6.07, 6.45) is 0. The van der Waals surface area contributed by atoms with Crippen LogP contribution in [0.5, 0.6) is 17.2 Å². The van der Waals surface area contributed by atoms with Crippen LogP contribution in [0.15, 0.2) is 53.3 Å². The lowest BCUT2D eigenvalue weighted by Crippen LogP contribution is -2.30. The number of aromatic hydroxyl groups is 2. The number of phenols is 2. The van der Waals surface area contributed by atoms with Gasteiger partial charge in [-0.1, -0.05) is 18.2 Å². The summed E-state index contributed by atoms with van der Waals surface area (Å²) in [4.78, 5) is 14.8. The molecule has 7 nitrogen and oxygen atoms in total. The second-order valence-corrected chi connectivity index (χ2v) is 6.02. The van der Waals surface area contributed by atoms with E-state index in [1.807, 2.05) is 25.1 Å². The molecule has 1 heterocycles. The number of nitrogens with zero attached hydrogens (tertiary/aromatic N) is 3. The molecule has 0 aliphatic carbocycles. The zero-order valence-corrected chi connectivity index (χ0v) is 15.4. The van der Waals surface area contributed by atoms with Gasteiger partial charge in [0.2, 0.25) is 0 Å². The fourth-order valence-corrected chi connectivity index (χ4v) is 2.74. The molecule has 140 valence electrons. The fraction of sp³-hybridized carbons (Fsp3) is 0.200. The molecule has 7 heteroatoms. The van der Waals surface area contributed by atoms with Crippen molar-refractivity contribution in [2.24, 2.45) is 0 Å². The van der Waals surface area contributed by atoms with Gasteiger partial charge in [0.25, 0.3) is 5.56 Å². The van der Waals surface area contributed by atoms with E-state index < -0.39 is 5.56 Å². The van der Waals surface area contributed by atoms with E-state index in [2.05, 4.69) is 5.10 Å². The van der Waals surface area contributed by atoms with E-state index in [1.54, 1.807) is 31.2 Å². The number of rotatable bonds is 5. The van der Waals surface area contributed by atoms with Crippen molar-refractivity contribution in [3.8, 4) is 34.2 Å². The molecule has 0 atom stereocenters. The first-order valence-electron chi connectivity index (χ1n) is 8.47. The third-order valence-electron chi connectivity index (χ3n) is 4.35. The van der Waals surface area contributed by atoms with Crippen LogP contribution in [-0.4, -0.2) is 40.7 Å². The summed E-state index contributed by atoms with van der Waals surface area (Å²) in [7, 11) is 3.37. The Bertz CT molecular complexity index is 1010. The van der Waals surface area contributed by atoms with Crippen LogP contribution in [0.2, 0.25) is 0 Å².